The summed E-state index contributed by atoms with van der Waals surface area (Å²) >= 11 is 1.01. The first-order valence-corrected chi connectivity index (χ1v) is 9.32. The van der Waals surface area contributed by atoms with Gasteiger partial charge < -0.3 is 15.4 Å². The maximum absolute atomic E-state index is 12.6. The van der Waals surface area contributed by atoms with Gasteiger partial charge in [-0.25, -0.2) is 4.98 Å². The zero-order valence-electron chi connectivity index (χ0n) is 15.4. The summed E-state index contributed by atoms with van der Waals surface area (Å²) in [6, 6.07) is 7.82. The van der Waals surface area contributed by atoms with Crippen LogP contribution in [0.5, 0.6) is 5.75 Å². The van der Waals surface area contributed by atoms with Crippen molar-refractivity contribution in [2.24, 2.45) is 4.99 Å². The quantitative estimate of drug-likeness (QED) is 0.550. The molecule has 148 valence electrons. The van der Waals surface area contributed by atoms with Crippen LogP contribution in [0.15, 0.2) is 34.6 Å². The molecule has 0 saturated heterocycles. The molecule has 0 bridgehead atoms. The Bertz CT molecular complexity index is 761. The van der Waals surface area contributed by atoms with Gasteiger partial charge in [-0.15, -0.1) is 11.3 Å². The maximum Gasteiger partial charge on any atom is 0.434 e. The van der Waals surface area contributed by atoms with Crippen LogP contribution in [0, 0.1) is 0 Å². The van der Waals surface area contributed by atoms with Gasteiger partial charge in [0.15, 0.2) is 11.7 Å². The van der Waals surface area contributed by atoms with Gasteiger partial charge in [0.2, 0.25) is 0 Å². The third-order valence-corrected chi connectivity index (χ3v) is 4.85. The molecule has 27 heavy (non-hydrogen) atoms. The fraction of sp³-hybridized carbons (Fsp3) is 0.444. The Labute approximate surface area is 160 Å². The highest BCUT2D eigenvalue weighted by atomic mass is 32.1. The fourth-order valence-electron chi connectivity index (χ4n) is 2.50. The van der Waals surface area contributed by atoms with Crippen LogP contribution >= 0.6 is 11.3 Å². The molecule has 1 atom stereocenters. The zero-order chi connectivity index (χ0) is 19.9. The molecule has 9 heteroatoms. The van der Waals surface area contributed by atoms with E-state index in [1.165, 1.54) is 0 Å². The van der Waals surface area contributed by atoms with Gasteiger partial charge in [0.05, 0.1) is 12.1 Å². The van der Waals surface area contributed by atoms with E-state index in [9.17, 15) is 13.2 Å². The molecule has 0 saturated carbocycles. The zero-order valence-corrected chi connectivity index (χ0v) is 16.2. The highest BCUT2D eigenvalue weighted by Crippen LogP contribution is 2.30. The third kappa shape index (κ3) is 6.13. The SMILES string of the molecule is CN=C(NCCc1nc(C(F)(F)F)cs1)NCC(C)c1ccccc1OC. The van der Waals surface area contributed by atoms with Crippen LogP contribution < -0.4 is 15.4 Å². The number of nitrogens with zero attached hydrogens (tertiary/aromatic N) is 2. The van der Waals surface area contributed by atoms with Gasteiger partial charge in [-0.2, -0.15) is 13.2 Å². The van der Waals surface area contributed by atoms with Crippen molar-refractivity contribution in [1.82, 2.24) is 15.6 Å². The highest BCUT2D eigenvalue weighted by molar-refractivity contribution is 7.09. The molecule has 0 radical (unpaired) electrons. The van der Waals surface area contributed by atoms with Crippen molar-refractivity contribution in [3.8, 4) is 5.75 Å². The summed E-state index contributed by atoms with van der Waals surface area (Å²) in [5.74, 6) is 1.61. The topological polar surface area (TPSA) is 58.5 Å². The monoisotopic (exact) mass is 400 g/mol. The number of ether oxygens (including phenoxy) is 1. The lowest BCUT2D eigenvalue weighted by molar-refractivity contribution is -0.140. The number of methoxy groups -OCH3 is 1. The number of para-hydroxylation sites is 1. The highest BCUT2D eigenvalue weighted by Gasteiger charge is 2.33. The van der Waals surface area contributed by atoms with Gasteiger partial charge in [0, 0.05) is 37.9 Å². The minimum absolute atomic E-state index is 0.188. The van der Waals surface area contributed by atoms with E-state index < -0.39 is 11.9 Å². The van der Waals surface area contributed by atoms with Crippen LogP contribution in [-0.2, 0) is 12.6 Å². The largest absolute Gasteiger partial charge is 0.496 e. The van der Waals surface area contributed by atoms with E-state index >= 15 is 0 Å². The number of rotatable bonds is 7. The minimum Gasteiger partial charge on any atom is -0.496 e. The Balaban J connectivity index is 1.81. The molecule has 2 rings (SSSR count). The Morgan fingerprint density at radius 3 is 2.67 bits per heavy atom. The second kappa shape index (κ2) is 9.59. The summed E-state index contributed by atoms with van der Waals surface area (Å²) < 4.78 is 43.1. The molecule has 2 N–H and O–H groups in total. The Hall–Kier alpha value is -2.29. The van der Waals surface area contributed by atoms with Crippen molar-refractivity contribution in [2.75, 3.05) is 27.2 Å². The van der Waals surface area contributed by atoms with Crippen LogP contribution in [-0.4, -0.2) is 38.2 Å². The summed E-state index contributed by atoms with van der Waals surface area (Å²) in [7, 11) is 3.29. The number of nitrogens with one attached hydrogen (secondary N) is 2. The summed E-state index contributed by atoms with van der Waals surface area (Å²) in [6.45, 7) is 3.15. The van der Waals surface area contributed by atoms with Crippen molar-refractivity contribution >= 4 is 17.3 Å². The van der Waals surface area contributed by atoms with Gasteiger partial charge in [-0.05, 0) is 11.6 Å². The number of thiazole rings is 1. The second-order valence-electron chi connectivity index (χ2n) is 5.90. The molecular weight excluding hydrogens is 377 g/mol. The molecule has 5 nitrogen and oxygen atoms in total. The number of benzene rings is 1. The molecule has 0 spiro atoms. The number of aliphatic imine (C=N–C) groups is 1. The van der Waals surface area contributed by atoms with Gasteiger partial charge in [0.1, 0.15) is 5.75 Å². The predicted molar refractivity (Wildman–Crippen MR) is 102 cm³/mol. The number of aromatic nitrogens is 1. The van der Waals surface area contributed by atoms with Crippen LogP contribution in [0.1, 0.15) is 29.1 Å². The lowest BCUT2D eigenvalue weighted by Gasteiger charge is -2.18. The van der Waals surface area contributed by atoms with Gasteiger partial charge >= 0.3 is 6.18 Å². The number of hydrogen-bond acceptors (Lipinski definition) is 4. The van der Waals surface area contributed by atoms with E-state index in [1.54, 1.807) is 14.2 Å². The van der Waals surface area contributed by atoms with E-state index in [0.29, 0.717) is 30.5 Å². The van der Waals surface area contributed by atoms with Crippen LogP contribution in [0.25, 0.3) is 0 Å². The van der Waals surface area contributed by atoms with E-state index in [2.05, 4.69) is 27.5 Å². The van der Waals surface area contributed by atoms with E-state index in [0.717, 1.165) is 28.0 Å². The Morgan fingerprint density at radius 1 is 1.30 bits per heavy atom. The first kappa shape index (κ1) is 21.0. The minimum atomic E-state index is -4.39. The molecule has 1 unspecified atom stereocenters. The van der Waals surface area contributed by atoms with Gasteiger partial charge in [-0.1, -0.05) is 25.1 Å². The lowest BCUT2D eigenvalue weighted by atomic mass is 10.0. The molecule has 0 aliphatic heterocycles. The van der Waals surface area contributed by atoms with Crippen molar-refractivity contribution in [2.45, 2.75) is 25.4 Å². The van der Waals surface area contributed by atoms with Gasteiger partial charge in [-0.3, -0.25) is 4.99 Å². The van der Waals surface area contributed by atoms with Crippen LogP contribution in [0.4, 0.5) is 13.2 Å². The first-order chi connectivity index (χ1) is 12.8. The van der Waals surface area contributed by atoms with Crippen molar-refractivity contribution in [1.29, 1.82) is 0 Å². The molecule has 0 fully saturated rings. The number of hydrogen-bond donors (Lipinski definition) is 2. The number of alkyl halides is 3. The maximum atomic E-state index is 12.6. The Kier molecular flexibility index (Phi) is 7.46. The van der Waals surface area contributed by atoms with E-state index in [-0.39, 0.29) is 5.92 Å². The van der Waals surface area contributed by atoms with Crippen molar-refractivity contribution in [3.63, 3.8) is 0 Å². The lowest BCUT2D eigenvalue weighted by Crippen LogP contribution is -2.40. The molecule has 1 heterocycles. The first-order valence-electron chi connectivity index (χ1n) is 8.44. The average Bonchev–Trinajstić information content (AvgIpc) is 3.13. The Morgan fingerprint density at radius 2 is 2.04 bits per heavy atom. The van der Waals surface area contributed by atoms with Crippen molar-refractivity contribution in [3.05, 3.63) is 45.9 Å². The van der Waals surface area contributed by atoms with E-state index in [4.69, 9.17) is 4.74 Å². The van der Waals surface area contributed by atoms with E-state index in [1.807, 2.05) is 24.3 Å². The number of guanidine groups is 1. The van der Waals surface area contributed by atoms with Crippen LogP contribution in [0.2, 0.25) is 0 Å². The molecule has 0 aliphatic carbocycles. The summed E-state index contributed by atoms with van der Waals surface area (Å²) in [5.41, 5.74) is 0.251. The molecule has 1 aromatic heterocycles. The van der Waals surface area contributed by atoms with Crippen LogP contribution in [0.3, 0.4) is 0 Å². The molecule has 2 aromatic rings. The van der Waals surface area contributed by atoms with Gasteiger partial charge in [0.25, 0.3) is 0 Å². The molecule has 0 aliphatic rings. The summed E-state index contributed by atoms with van der Waals surface area (Å²) in [4.78, 5) is 7.75. The standard InChI is InChI=1S/C18H23F3N4OS/c1-12(13-6-4-5-7-14(13)26-3)10-24-17(22-2)23-9-8-16-25-15(11-27-16)18(19,20)21/h4-7,11-12H,8-10H2,1-3H3,(H2,22,23,24). The smallest absolute Gasteiger partial charge is 0.434 e. The molecular formula is C18H23F3N4OS. The third-order valence-electron chi connectivity index (χ3n) is 3.94. The summed E-state index contributed by atoms with van der Waals surface area (Å²) in [5, 5.41) is 7.79. The molecule has 1 aromatic carbocycles. The number of halogens is 3. The second-order valence-corrected chi connectivity index (χ2v) is 6.84. The molecule has 0 amide bonds. The van der Waals surface area contributed by atoms with Crippen molar-refractivity contribution < 1.29 is 17.9 Å². The average molecular weight is 400 g/mol. The summed E-state index contributed by atoms with van der Waals surface area (Å²) in [6.07, 6.45) is -4.00. The normalized spacial score (nSPS) is 13.3. The fourth-order valence-corrected chi connectivity index (χ4v) is 3.30. The predicted octanol–water partition coefficient (Wildman–Crippen LogP) is 3.68.